The van der Waals surface area contributed by atoms with Gasteiger partial charge in [0.1, 0.15) is 0 Å². The minimum atomic E-state index is -4.53. The molecule has 6 fully saturated rings. The standard InChI is InChI=1S/Cl8O12Si8/c1-21-9-22(2)12-25(5)14-23(3,10-21)16-27(7)17-24(4,11-21)15-26(6,13-22)19-28(8,18-25)20-27. The van der Waals surface area contributed by atoms with Gasteiger partial charge in [0.25, 0.3) is 0 Å². The van der Waals surface area contributed by atoms with Gasteiger partial charge in [-0.3, -0.25) is 0 Å². The summed E-state index contributed by atoms with van der Waals surface area (Å²) >= 11 is 50.7. The van der Waals surface area contributed by atoms with Crippen molar-refractivity contribution < 1.29 is 49.4 Å². The summed E-state index contributed by atoms with van der Waals surface area (Å²) < 4.78 is 66.0. The van der Waals surface area contributed by atoms with Gasteiger partial charge in [0, 0.05) is 0 Å². The van der Waals surface area contributed by atoms with Crippen LogP contribution in [0.4, 0.5) is 0 Å². The maximum absolute atomic E-state index is 6.33. The van der Waals surface area contributed by atoms with E-state index in [4.69, 9.17) is 138 Å². The lowest BCUT2D eigenvalue weighted by Gasteiger charge is -2.54. The van der Waals surface area contributed by atoms with E-state index in [1.165, 1.54) is 0 Å². The van der Waals surface area contributed by atoms with Crippen LogP contribution in [0.2, 0.25) is 0 Å². The molecule has 0 aromatic carbocycles. The molecule has 0 saturated carbocycles. The molecule has 6 aliphatic heterocycles. The van der Waals surface area contributed by atoms with Crippen molar-refractivity contribution in [2.45, 2.75) is 0 Å². The van der Waals surface area contributed by atoms with Crippen molar-refractivity contribution in [1.82, 2.24) is 0 Å². The zero-order valence-electron chi connectivity index (χ0n) is 11.9. The van der Waals surface area contributed by atoms with Crippen molar-refractivity contribution in [1.29, 1.82) is 0 Å². The van der Waals surface area contributed by atoms with Crippen LogP contribution in [0.5, 0.6) is 0 Å². The Morgan fingerprint density at radius 2 is 0.286 bits per heavy atom. The minimum Gasteiger partial charge on any atom is -0.349 e. The van der Waals surface area contributed by atoms with Gasteiger partial charge in [0.05, 0.1) is 0 Å². The normalized spacial score (nSPS) is 66.0. The molecular formula is Cl8O12Si8. The van der Waals surface area contributed by atoms with Crippen LogP contribution in [-0.4, -0.2) is 64.9 Å². The Kier molecular flexibility index (Phi) is 5.51. The summed E-state index contributed by atoms with van der Waals surface area (Å²) in [6, 6.07) is 0. The van der Waals surface area contributed by atoms with E-state index in [1.54, 1.807) is 0 Å². The van der Waals surface area contributed by atoms with E-state index in [2.05, 4.69) is 0 Å². The third-order valence-corrected chi connectivity index (χ3v) is 43.0. The van der Waals surface area contributed by atoms with Crippen LogP contribution >= 0.6 is 88.6 Å². The first-order chi connectivity index (χ1) is 12.5. The molecule has 6 aliphatic rings. The average molecular weight is 700 g/mol. The number of hydrogen-bond acceptors (Lipinski definition) is 12. The summed E-state index contributed by atoms with van der Waals surface area (Å²) in [6.45, 7) is 0. The van der Waals surface area contributed by atoms with E-state index in [1.807, 2.05) is 0 Å². The van der Waals surface area contributed by atoms with Crippen LogP contribution < -0.4 is 0 Å². The van der Waals surface area contributed by atoms with E-state index in [0.29, 0.717) is 0 Å². The van der Waals surface area contributed by atoms with Crippen LogP contribution in [-0.2, 0) is 49.4 Å². The monoisotopic (exact) mass is 696 g/mol. The highest BCUT2D eigenvalue weighted by atomic mass is 35.6. The summed E-state index contributed by atoms with van der Waals surface area (Å²) in [5.41, 5.74) is 0. The molecule has 6 saturated heterocycles. The van der Waals surface area contributed by atoms with E-state index in [9.17, 15) is 0 Å². The van der Waals surface area contributed by atoms with Crippen molar-refractivity contribution in [2.75, 3.05) is 0 Å². The molecule has 0 amide bonds. The molecule has 0 radical (unpaired) electrons. The van der Waals surface area contributed by atoms with E-state index in [-0.39, 0.29) is 0 Å². The molecular weight excluding hydrogens is 700 g/mol. The van der Waals surface area contributed by atoms with Crippen LogP contribution in [0.25, 0.3) is 0 Å². The Morgan fingerprint density at radius 3 is 0.357 bits per heavy atom. The Balaban J connectivity index is 1.79. The molecule has 160 valence electrons. The van der Waals surface area contributed by atoms with Crippen molar-refractivity contribution in [3.63, 3.8) is 0 Å². The fraction of sp³-hybridized carbons (Fsp3) is 0. The highest BCUT2D eigenvalue weighted by Gasteiger charge is 2.85. The van der Waals surface area contributed by atoms with E-state index < -0.39 is 64.9 Å². The highest BCUT2D eigenvalue weighted by molar-refractivity contribution is 7.39. The van der Waals surface area contributed by atoms with Gasteiger partial charge < -0.3 is 49.4 Å². The Labute approximate surface area is 201 Å². The van der Waals surface area contributed by atoms with Crippen molar-refractivity contribution in [2.24, 2.45) is 0 Å². The van der Waals surface area contributed by atoms with Crippen LogP contribution in [0.3, 0.4) is 0 Å². The second-order valence-electron chi connectivity index (χ2n) is 5.08. The van der Waals surface area contributed by atoms with E-state index >= 15 is 0 Å². The van der Waals surface area contributed by atoms with Gasteiger partial charge in [-0.15, -0.1) is 0 Å². The molecule has 0 unspecified atom stereocenters. The van der Waals surface area contributed by atoms with Crippen molar-refractivity contribution >= 4 is 154 Å². The highest BCUT2D eigenvalue weighted by Crippen LogP contribution is 2.53. The lowest BCUT2D eigenvalue weighted by molar-refractivity contribution is 0.0144. The lowest BCUT2D eigenvalue weighted by atomic mass is 15.5. The maximum atomic E-state index is 6.33. The molecule has 8 bridgehead atoms. The smallest absolute Gasteiger partial charge is 0.349 e. The summed E-state index contributed by atoms with van der Waals surface area (Å²) in [7, 11) is -36.2. The molecule has 0 aromatic rings. The first kappa shape index (κ1) is 23.3. The topological polar surface area (TPSA) is 111 Å². The van der Waals surface area contributed by atoms with Crippen LogP contribution in [0.1, 0.15) is 0 Å². The Hall–Kier alpha value is 3.58. The molecule has 0 atom stereocenters. The molecule has 6 rings (SSSR count). The number of hydrogen-bond donors (Lipinski definition) is 0. The summed E-state index contributed by atoms with van der Waals surface area (Å²) in [5.74, 6) is 0. The second kappa shape index (κ2) is 6.62. The van der Waals surface area contributed by atoms with Gasteiger partial charge in [-0.25, -0.2) is 0 Å². The van der Waals surface area contributed by atoms with Crippen molar-refractivity contribution in [3.8, 4) is 0 Å². The third-order valence-electron chi connectivity index (χ3n) is 2.93. The first-order valence-electron chi connectivity index (χ1n) is 6.41. The molecule has 6 heterocycles. The third kappa shape index (κ3) is 4.23. The summed E-state index contributed by atoms with van der Waals surface area (Å²) in [5, 5.41) is 0. The van der Waals surface area contributed by atoms with Gasteiger partial charge in [-0.1, -0.05) is 88.6 Å². The zero-order valence-corrected chi connectivity index (χ0v) is 26.0. The fourth-order valence-corrected chi connectivity index (χ4v) is 55.4. The van der Waals surface area contributed by atoms with Gasteiger partial charge in [0.15, 0.2) is 0 Å². The van der Waals surface area contributed by atoms with Gasteiger partial charge in [-0.2, -0.15) is 0 Å². The van der Waals surface area contributed by atoms with E-state index in [0.717, 1.165) is 0 Å². The molecule has 12 nitrogen and oxygen atoms in total. The minimum absolute atomic E-state index is 4.53. The Bertz CT molecular complexity index is 489. The quantitative estimate of drug-likeness (QED) is 0.271. The average Bonchev–Trinajstić information content (AvgIpc) is 2.22. The van der Waals surface area contributed by atoms with Gasteiger partial charge >= 0.3 is 64.9 Å². The summed E-state index contributed by atoms with van der Waals surface area (Å²) in [4.78, 5) is 0. The number of rotatable bonds is 0. The SMILES string of the molecule is Cl[Si]12O[Si]3(Cl)O[Si]4(Cl)O[Si](Cl)(O1)O[Si]1(Cl)O[Si](Cl)(O2)O[Si](Cl)(O3)O[Si](Cl)(O4)O1. The summed E-state index contributed by atoms with van der Waals surface area (Å²) in [6.07, 6.45) is 0. The Morgan fingerprint density at radius 1 is 0.214 bits per heavy atom. The van der Waals surface area contributed by atoms with Crippen LogP contribution in [0, 0.1) is 0 Å². The predicted octanol–water partition coefficient (Wildman–Crippen LogP) is 1.65. The van der Waals surface area contributed by atoms with Crippen LogP contribution in [0.15, 0.2) is 0 Å². The molecule has 0 spiro atoms. The van der Waals surface area contributed by atoms with Crippen molar-refractivity contribution in [3.05, 3.63) is 0 Å². The molecule has 0 aliphatic carbocycles. The van der Waals surface area contributed by atoms with Gasteiger partial charge in [-0.05, 0) is 0 Å². The lowest BCUT2D eigenvalue weighted by Crippen LogP contribution is -2.83. The second-order valence-corrected chi connectivity index (χ2v) is 33.7. The molecule has 28 heavy (non-hydrogen) atoms. The maximum Gasteiger partial charge on any atom is 0.593 e. The molecule has 0 aromatic heterocycles. The largest absolute Gasteiger partial charge is 0.593 e. The zero-order chi connectivity index (χ0) is 20.5. The number of halogens is 8. The predicted molar refractivity (Wildman–Crippen MR) is 106 cm³/mol. The first-order valence-corrected chi connectivity index (χ1v) is 28.3. The fourth-order valence-electron chi connectivity index (χ4n) is 2.25. The van der Waals surface area contributed by atoms with Gasteiger partial charge in [0.2, 0.25) is 0 Å². The molecule has 0 N–H and O–H groups in total. The molecule has 28 heteroatoms.